The molecule has 0 aliphatic rings. The molecule has 46 nitrogen and oxygen atoms in total. The van der Waals surface area contributed by atoms with Crippen molar-refractivity contribution in [2.24, 2.45) is 0 Å². The molecule has 2 aromatic heterocycles. The number of nitrogens with zero attached hydrogens (tertiary/aromatic N) is 16. The Morgan fingerprint density at radius 2 is 0.431 bits per heavy atom. The van der Waals surface area contributed by atoms with E-state index >= 15 is 0 Å². The van der Waals surface area contributed by atoms with Crippen molar-refractivity contribution in [2.75, 3.05) is 47.4 Å². The van der Waals surface area contributed by atoms with Gasteiger partial charge in [0, 0.05) is 0 Å². The van der Waals surface area contributed by atoms with Crippen LogP contribution >= 0.6 is 0 Å². The Kier molecular flexibility index (Phi) is 13.9. The Balaban J connectivity index is 0.000000580. The van der Waals surface area contributed by atoms with Gasteiger partial charge in [0.2, 0.25) is 49.5 Å². The van der Waals surface area contributed by atoms with Crippen LogP contribution in [0.2, 0.25) is 0 Å². The highest BCUT2D eigenvalue weighted by atomic mass is 16.8. The first-order valence-corrected chi connectivity index (χ1v) is 13.0. The summed E-state index contributed by atoms with van der Waals surface area (Å²) in [7, 11) is 0. The lowest BCUT2D eigenvalue weighted by Crippen LogP contribution is -2.58. The summed E-state index contributed by atoms with van der Waals surface area (Å²) in [5.74, 6) is -19.4. The zero-order valence-electron chi connectivity index (χ0n) is 26.6. The molecule has 0 fully saturated rings. The molecule has 0 atom stereocenters. The van der Waals surface area contributed by atoms with Crippen LogP contribution in [0.4, 0.5) is 23.3 Å². The number of nitro groups is 12. The van der Waals surface area contributed by atoms with Crippen LogP contribution in [0.3, 0.4) is 0 Å². The number of hydrogen-bond acceptors (Lipinski definition) is 34. The summed E-state index contributed by atoms with van der Waals surface area (Å²) < 4.78 is 8.19. The molecular weight excluding hydrogens is 840 g/mol. The van der Waals surface area contributed by atoms with Gasteiger partial charge in [-0.2, -0.15) is 0 Å². The molecule has 2 aromatic rings. The largest absolute Gasteiger partial charge is 0.717 e. The molecule has 0 amide bonds. The Morgan fingerprint density at radius 1 is 0.310 bits per heavy atom. The molecule has 0 radical (unpaired) electrons. The summed E-state index contributed by atoms with van der Waals surface area (Å²) in [6.45, 7) is -6.58. The van der Waals surface area contributed by atoms with Gasteiger partial charge in [-0.1, -0.05) is 0 Å². The molecule has 0 spiro atoms. The van der Waals surface area contributed by atoms with Crippen LogP contribution in [0.1, 0.15) is 0 Å². The van der Waals surface area contributed by atoms with Gasteiger partial charge in [-0.25, -0.2) is 9.26 Å². The number of anilines is 4. The first kappa shape index (κ1) is 46.3. The summed E-state index contributed by atoms with van der Waals surface area (Å²) in [4.78, 5) is 108. The number of rotatable bonds is 24. The zero-order chi connectivity index (χ0) is 45.1. The molecule has 0 aliphatic heterocycles. The highest BCUT2D eigenvalue weighted by Gasteiger charge is 2.73. The summed E-state index contributed by atoms with van der Waals surface area (Å²) in [5, 5.41) is 149. The molecule has 0 saturated carbocycles. The molecule has 2 rings (SSSR count). The Hall–Kier alpha value is -9.72. The lowest BCUT2D eigenvalue weighted by Gasteiger charge is -2.11. The van der Waals surface area contributed by atoms with Gasteiger partial charge in [-0.15, -0.1) is 0 Å². The highest BCUT2D eigenvalue weighted by molar-refractivity contribution is 5.58. The highest BCUT2D eigenvalue weighted by Crippen LogP contribution is 2.23. The van der Waals surface area contributed by atoms with Gasteiger partial charge < -0.3 is 21.3 Å². The second kappa shape index (κ2) is 17.4. The first-order valence-electron chi connectivity index (χ1n) is 13.0. The van der Waals surface area contributed by atoms with Crippen molar-refractivity contribution in [1.29, 1.82) is 0 Å². The summed E-state index contributed by atoms with van der Waals surface area (Å²) in [6.07, 6.45) is 0. The molecule has 0 saturated heterocycles. The lowest BCUT2D eigenvalue weighted by molar-refractivity contribution is -0.965. The van der Waals surface area contributed by atoms with Crippen LogP contribution in [-0.2, 0) is 0 Å². The molecule has 4 N–H and O–H groups in total. The molecule has 58 heavy (non-hydrogen) atoms. The minimum atomic E-state index is -3.98. The molecule has 0 unspecified atom stereocenters. The lowest BCUT2D eigenvalue weighted by atomic mass is 10.3. The fourth-order valence-electron chi connectivity index (χ4n) is 3.22. The van der Waals surface area contributed by atoms with E-state index in [0.29, 0.717) is 0 Å². The van der Waals surface area contributed by atoms with E-state index in [1.54, 1.807) is 21.3 Å². The fourth-order valence-corrected chi connectivity index (χ4v) is 3.22. The van der Waals surface area contributed by atoms with Crippen molar-refractivity contribution in [3.05, 3.63) is 121 Å². The van der Waals surface area contributed by atoms with Crippen LogP contribution in [-0.4, -0.2) is 129 Å². The quantitative estimate of drug-likeness (QED) is 0.0441. The second-order valence-electron chi connectivity index (χ2n) is 9.52. The first-order chi connectivity index (χ1) is 26.7. The maximum Gasteiger partial charge on any atom is 0.717 e. The van der Waals surface area contributed by atoms with Gasteiger partial charge >= 0.3 is 23.1 Å². The number of aromatic nitrogens is 4. The van der Waals surface area contributed by atoms with Crippen molar-refractivity contribution in [3.8, 4) is 0 Å². The normalized spacial score (nSPS) is 11.3. The van der Waals surface area contributed by atoms with E-state index in [9.17, 15) is 121 Å². The zero-order valence-corrected chi connectivity index (χ0v) is 26.6. The van der Waals surface area contributed by atoms with Gasteiger partial charge in [0.1, 0.15) is 0 Å². The minimum Gasteiger partial charge on any atom is -0.343 e. The Bertz CT molecular complexity index is 1620. The predicted molar refractivity (Wildman–Crippen MR) is 157 cm³/mol. The average molecular weight is 852 g/mol. The Morgan fingerprint density at radius 3 is 0.534 bits per heavy atom. The topological polar surface area (TPSA) is 644 Å². The van der Waals surface area contributed by atoms with Crippen LogP contribution in [0, 0.1) is 121 Å². The Labute approximate surface area is 305 Å². The third-order valence-corrected chi connectivity index (χ3v) is 6.46. The van der Waals surface area contributed by atoms with Crippen molar-refractivity contribution >= 4 is 23.3 Å². The summed E-state index contributed by atoms with van der Waals surface area (Å²) in [5.41, 5.74) is 0. The average Bonchev–Trinajstić information content (AvgIpc) is 3.73. The molecule has 0 aromatic carbocycles. The second-order valence-corrected chi connectivity index (χ2v) is 9.52. The maximum absolute atomic E-state index is 10.8. The minimum absolute atomic E-state index is 0.858. The van der Waals surface area contributed by atoms with Crippen molar-refractivity contribution < 1.29 is 68.3 Å². The third kappa shape index (κ3) is 8.40. The van der Waals surface area contributed by atoms with Crippen molar-refractivity contribution in [3.63, 3.8) is 0 Å². The summed E-state index contributed by atoms with van der Waals surface area (Å²) >= 11 is 0. The van der Waals surface area contributed by atoms with Crippen LogP contribution < -0.4 is 21.3 Å². The predicted octanol–water partition coefficient (Wildman–Crippen LogP) is -4.28. The van der Waals surface area contributed by atoms with E-state index in [0.717, 1.165) is 0 Å². The van der Waals surface area contributed by atoms with E-state index in [2.05, 4.69) is 29.9 Å². The van der Waals surface area contributed by atoms with E-state index in [1.807, 2.05) is 0 Å². The van der Waals surface area contributed by atoms with Crippen molar-refractivity contribution in [2.45, 2.75) is 23.1 Å². The van der Waals surface area contributed by atoms with Crippen molar-refractivity contribution in [1.82, 2.24) is 20.6 Å². The summed E-state index contributed by atoms with van der Waals surface area (Å²) in [6, 6.07) is 0. The van der Waals surface area contributed by atoms with E-state index in [1.165, 1.54) is 0 Å². The molecule has 46 heteroatoms. The van der Waals surface area contributed by atoms with Gasteiger partial charge in [0.05, 0.1) is 0 Å². The van der Waals surface area contributed by atoms with Gasteiger partial charge in [-0.3, -0.25) is 121 Å². The SMILES string of the molecule is O=[N+]([O-])C(CNc1nonc1NCC([N+](=O)[O-])([N+](=O)[O-])[N+](=O)[O-])([N+](=O)[O-])[N+](=O)[O-].O=[N+]([O-])C(CNc1nonc1NCC([N+](=O)[O-])([N+](=O)[O-])[N+](=O)[O-])([N+](=O)[O-])[N+](=O)[O-]. The molecular formula is C12H12N20O26. The third-order valence-electron chi connectivity index (χ3n) is 6.46. The van der Waals surface area contributed by atoms with Crippen LogP contribution in [0.15, 0.2) is 9.26 Å². The van der Waals surface area contributed by atoms with E-state index < -0.39 is 132 Å². The number of nitrogens with one attached hydrogen (secondary N) is 4. The van der Waals surface area contributed by atoms with E-state index in [4.69, 9.17) is 0 Å². The van der Waals surface area contributed by atoms with Gasteiger partial charge in [0.25, 0.3) is 0 Å². The number of hydrogen-bond donors (Lipinski definition) is 4. The smallest absolute Gasteiger partial charge is 0.343 e. The van der Waals surface area contributed by atoms with E-state index in [-0.39, 0.29) is 0 Å². The van der Waals surface area contributed by atoms with Gasteiger partial charge in [0.15, 0.2) is 59.1 Å². The molecule has 0 aliphatic carbocycles. The van der Waals surface area contributed by atoms with Crippen LogP contribution in [0.5, 0.6) is 0 Å². The van der Waals surface area contributed by atoms with Crippen LogP contribution in [0.25, 0.3) is 0 Å². The standard InChI is InChI=1S/2C6H6N10O13/c2*17-11(18)5(12(19)20,13(21)22)1-7-3-4(10-29-9-3)8-2-6(14(23)24,15(25)26)16(27)28/h2*1-2H2,(H,7,9)(H,8,10). The monoisotopic (exact) mass is 852 g/mol. The molecule has 316 valence electrons. The molecule has 2 heterocycles. The maximum atomic E-state index is 10.8. The fraction of sp³-hybridized carbons (Fsp3) is 0.667. The molecule has 0 bridgehead atoms. The van der Waals surface area contributed by atoms with Gasteiger partial charge in [-0.05, 0) is 20.6 Å².